The summed E-state index contributed by atoms with van der Waals surface area (Å²) >= 11 is 0. The molecule has 4 nitrogen and oxygen atoms in total. The summed E-state index contributed by atoms with van der Waals surface area (Å²) in [6.45, 7) is 0. The molecule has 6 N–H and O–H groups in total. The van der Waals surface area contributed by atoms with Crippen molar-refractivity contribution in [3.63, 3.8) is 0 Å². The molecule has 0 saturated heterocycles. The molecule has 0 heterocycles. The van der Waals surface area contributed by atoms with Crippen LogP contribution in [-0.4, -0.2) is 39.8 Å². The molecule has 0 aromatic heterocycles. The van der Waals surface area contributed by atoms with E-state index in [0.29, 0.717) is 0 Å². The number of hydrogen-bond donors (Lipinski definition) is 4. The number of phenolic OH excluding ortho intramolecular Hbond substituents is 2. The number of hydrogen-bond acceptors (Lipinski definition) is 4. The first-order chi connectivity index (χ1) is 11.7. The van der Waals surface area contributed by atoms with Crippen molar-refractivity contribution in [2.45, 2.75) is 35.3 Å². The minimum absolute atomic E-state index is 0.154. The Balaban J connectivity index is 3.11. The van der Waals surface area contributed by atoms with E-state index in [2.05, 4.69) is 0 Å². The Bertz CT molecular complexity index is 753. The van der Waals surface area contributed by atoms with Gasteiger partial charge in [0.05, 0.1) is 16.9 Å². The minimum atomic E-state index is -7.42. The van der Waals surface area contributed by atoms with Crippen LogP contribution in [0.25, 0.3) is 0 Å². The van der Waals surface area contributed by atoms with Gasteiger partial charge in [0.2, 0.25) is 0 Å². The summed E-state index contributed by atoms with van der Waals surface area (Å²) in [6, 6.07) is 0.154. The largest absolute Gasteiger partial charge is 0.506 e. The number of alkyl halides is 11. The molecule has 0 unspecified atom stereocenters. The van der Waals surface area contributed by atoms with E-state index < -0.39 is 63.7 Å². The summed E-state index contributed by atoms with van der Waals surface area (Å²) in [7, 11) is 0. The summed E-state index contributed by atoms with van der Waals surface area (Å²) in [5.41, 5.74) is -3.38. The highest BCUT2D eigenvalue weighted by molar-refractivity contribution is 5.75. The molecule has 1 aromatic rings. The normalized spacial score (nSPS) is 26.5. The molecule has 0 amide bonds. The number of benzene rings is 1. The van der Waals surface area contributed by atoms with E-state index in [1.165, 1.54) is 0 Å². The van der Waals surface area contributed by atoms with Gasteiger partial charge in [0.25, 0.3) is 5.67 Å². The van der Waals surface area contributed by atoms with Gasteiger partial charge in [-0.1, -0.05) is 0 Å². The van der Waals surface area contributed by atoms with Gasteiger partial charge in [-0.05, 0) is 0 Å². The number of nitrogen functional groups attached to an aromatic ring is 2. The van der Waals surface area contributed by atoms with Crippen molar-refractivity contribution in [3.05, 3.63) is 11.6 Å². The van der Waals surface area contributed by atoms with Crippen molar-refractivity contribution in [3.8, 4) is 11.5 Å². The number of rotatable bonds is 1. The molecule has 0 radical (unpaired) electrons. The highest BCUT2D eigenvalue weighted by Gasteiger charge is 3.01. The van der Waals surface area contributed by atoms with Crippen molar-refractivity contribution in [1.29, 1.82) is 0 Å². The fraction of sp³-hybridized carbons (Fsp3) is 0.500. The zero-order valence-corrected chi connectivity index (χ0v) is 12.3. The lowest BCUT2D eigenvalue weighted by molar-refractivity contribution is -0.489. The lowest BCUT2D eigenvalue weighted by Gasteiger charge is -2.52. The second kappa shape index (κ2) is 4.92. The van der Waals surface area contributed by atoms with Crippen molar-refractivity contribution >= 4 is 11.4 Å². The standard InChI is InChI=1S/C12H7F11N2O2/c13-7(4-5(25)3(26)1-2(24)6(4)27)8(14,15)10(18,19)12(22,23)11(20,21)9(7,16)17/h1,26-27H,24-25H2. The second-order valence-electron chi connectivity index (χ2n) is 5.65. The zero-order chi connectivity index (χ0) is 21.6. The van der Waals surface area contributed by atoms with Crippen LogP contribution in [0.4, 0.5) is 59.7 Å². The molecule has 0 aliphatic heterocycles. The van der Waals surface area contributed by atoms with Gasteiger partial charge in [-0.15, -0.1) is 0 Å². The van der Waals surface area contributed by atoms with E-state index in [9.17, 15) is 58.5 Å². The average molecular weight is 420 g/mol. The van der Waals surface area contributed by atoms with Crippen LogP contribution in [-0.2, 0) is 5.67 Å². The molecule has 15 heteroatoms. The predicted molar refractivity (Wildman–Crippen MR) is 66.1 cm³/mol. The van der Waals surface area contributed by atoms with E-state index in [4.69, 9.17) is 11.5 Å². The highest BCUT2D eigenvalue weighted by atomic mass is 19.4. The minimum Gasteiger partial charge on any atom is -0.506 e. The third-order valence-corrected chi connectivity index (χ3v) is 4.13. The van der Waals surface area contributed by atoms with Crippen molar-refractivity contribution in [2.75, 3.05) is 11.5 Å². The first-order valence-corrected chi connectivity index (χ1v) is 6.43. The molecular formula is C12H7F11N2O2. The number of nitrogens with two attached hydrogens (primary N) is 2. The summed E-state index contributed by atoms with van der Waals surface area (Å²) < 4.78 is 151. The average Bonchev–Trinajstić information content (AvgIpc) is 2.50. The van der Waals surface area contributed by atoms with Gasteiger partial charge in [0.1, 0.15) is 11.5 Å². The monoisotopic (exact) mass is 420 g/mol. The smallest absolute Gasteiger partial charge is 0.384 e. The SMILES string of the molecule is Nc1cc(O)c(N)c(C2(F)C(F)(F)C(F)(F)C(F)(F)C(F)(F)C2(F)F)c1O. The molecule has 2 rings (SSSR count). The summed E-state index contributed by atoms with van der Waals surface area (Å²) in [4.78, 5) is 0. The number of halogens is 11. The molecule has 1 aliphatic rings. The Morgan fingerprint density at radius 2 is 0.963 bits per heavy atom. The number of phenols is 2. The van der Waals surface area contributed by atoms with E-state index >= 15 is 0 Å². The Morgan fingerprint density at radius 1 is 0.630 bits per heavy atom. The van der Waals surface area contributed by atoms with Crippen LogP contribution in [0.3, 0.4) is 0 Å². The molecule has 1 fully saturated rings. The lowest BCUT2D eigenvalue weighted by atomic mass is 9.68. The van der Waals surface area contributed by atoms with E-state index in [-0.39, 0.29) is 6.07 Å². The molecule has 1 saturated carbocycles. The fourth-order valence-electron chi connectivity index (χ4n) is 2.58. The van der Waals surface area contributed by atoms with Crippen molar-refractivity contribution in [2.24, 2.45) is 0 Å². The first kappa shape index (κ1) is 21.0. The maximum absolute atomic E-state index is 14.9. The van der Waals surface area contributed by atoms with Crippen molar-refractivity contribution < 1.29 is 58.5 Å². The number of anilines is 2. The van der Waals surface area contributed by atoms with Crippen LogP contribution in [0.1, 0.15) is 5.56 Å². The van der Waals surface area contributed by atoms with Gasteiger partial charge < -0.3 is 21.7 Å². The van der Waals surface area contributed by atoms with Gasteiger partial charge in [-0.25, -0.2) is 4.39 Å². The van der Waals surface area contributed by atoms with E-state index in [1.54, 1.807) is 0 Å². The van der Waals surface area contributed by atoms with Gasteiger partial charge in [-0.2, -0.15) is 43.9 Å². The maximum atomic E-state index is 14.9. The first-order valence-electron chi connectivity index (χ1n) is 6.43. The topological polar surface area (TPSA) is 92.5 Å². The van der Waals surface area contributed by atoms with Crippen LogP contribution >= 0.6 is 0 Å². The van der Waals surface area contributed by atoms with E-state index in [1.807, 2.05) is 0 Å². The van der Waals surface area contributed by atoms with E-state index in [0.717, 1.165) is 0 Å². The third-order valence-electron chi connectivity index (χ3n) is 4.13. The van der Waals surface area contributed by atoms with Crippen LogP contribution in [0.5, 0.6) is 11.5 Å². The molecule has 1 aliphatic carbocycles. The fourth-order valence-corrected chi connectivity index (χ4v) is 2.58. The Kier molecular flexibility index (Phi) is 3.82. The summed E-state index contributed by atoms with van der Waals surface area (Å²) in [6.07, 6.45) is 0. The highest BCUT2D eigenvalue weighted by Crippen LogP contribution is 2.73. The van der Waals surface area contributed by atoms with Gasteiger partial charge in [0, 0.05) is 6.07 Å². The molecule has 0 bridgehead atoms. The maximum Gasteiger partial charge on any atom is 0.384 e. The van der Waals surface area contributed by atoms with Crippen LogP contribution in [0.2, 0.25) is 0 Å². The lowest BCUT2D eigenvalue weighted by Crippen LogP contribution is -2.82. The van der Waals surface area contributed by atoms with Crippen LogP contribution in [0, 0.1) is 0 Å². The molecule has 154 valence electrons. The molecule has 0 spiro atoms. The second-order valence-corrected chi connectivity index (χ2v) is 5.65. The molecule has 27 heavy (non-hydrogen) atoms. The summed E-state index contributed by atoms with van der Waals surface area (Å²) in [5.74, 6) is -40.6. The Labute approximate surface area is 141 Å². The quantitative estimate of drug-likeness (QED) is 0.242. The Morgan fingerprint density at radius 3 is 1.33 bits per heavy atom. The predicted octanol–water partition coefficient (Wildman–Crippen LogP) is 3.62. The zero-order valence-electron chi connectivity index (χ0n) is 12.3. The summed E-state index contributed by atoms with van der Waals surface area (Å²) in [5, 5.41) is 18.7. The van der Waals surface area contributed by atoms with Crippen molar-refractivity contribution in [1.82, 2.24) is 0 Å². The van der Waals surface area contributed by atoms with Gasteiger partial charge in [0.15, 0.2) is 0 Å². The van der Waals surface area contributed by atoms with Crippen LogP contribution in [0.15, 0.2) is 6.07 Å². The number of aromatic hydroxyl groups is 2. The molecule has 1 aromatic carbocycles. The van der Waals surface area contributed by atoms with Gasteiger partial charge >= 0.3 is 29.6 Å². The van der Waals surface area contributed by atoms with Gasteiger partial charge in [-0.3, -0.25) is 0 Å². The third kappa shape index (κ3) is 1.84. The molecular weight excluding hydrogens is 413 g/mol. The molecule has 0 atom stereocenters. The van der Waals surface area contributed by atoms with Crippen LogP contribution < -0.4 is 11.5 Å². The Hall–Kier alpha value is -2.35.